The number of carboxylic acid groups (broad SMARTS) is 1. The van der Waals surface area contributed by atoms with Gasteiger partial charge in [-0.3, -0.25) is 0 Å². The number of unbranched alkanes of at least 4 members (excludes halogenated alkanes) is 1. The molecule has 9 heteroatoms. The van der Waals surface area contributed by atoms with Crippen molar-refractivity contribution in [3.8, 4) is 11.5 Å². The Hall–Kier alpha value is -3.20. The maximum absolute atomic E-state index is 13.1. The number of benzene rings is 2. The molecule has 0 heterocycles. The van der Waals surface area contributed by atoms with Gasteiger partial charge in [0.2, 0.25) is 5.92 Å². The Morgan fingerprint density at radius 1 is 1.06 bits per heavy atom. The highest BCUT2D eigenvalue weighted by Gasteiger charge is 2.21. The predicted octanol–water partition coefficient (Wildman–Crippen LogP) is 5.73. The van der Waals surface area contributed by atoms with Crippen LogP contribution in [0.5, 0.6) is 11.5 Å². The van der Waals surface area contributed by atoms with Gasteiger partial charge in [0, 0.05) is 26.0 Å². The van der Waals surface area contributed by atoms with E-state index < -0.39 is 24.1 Å². The molecule has 0 aliphatic carbocycles. The summed E-state index contributed by atoms with van der Waals surface area (Å²) in [4.78, 5) is 25.5. The van der Waals surface area contributed by atoms with E-state index in [1.807, 2.05) is 13.0 Å². The molecule has 0 spiro atoms. The van der Waals surface area contributed by atoms with Crippen molar-refractivity contribution in [3.63, 3.8) is 0 Å². The first kappa shape index (κ1) is 29.0. The van der Waals surface area contributed by atoms with Crippen LogP contribution in [0.3, 0.4) is 0 Å². The molecule has 1 amide bonds. The quantitative estimate of drug-likeness (QED) is 0.310. The molecule has 1 unspecified atom stereocenters. The van der Waals surface area contributed by atoms with Crippen molar-refractivity contribution in [3.05, 3.63) is 59.7 Å². The average molecular weight is 508 g/mol. The van der Waals surface area contributed by atoms with Crippen LogP contribution < -0.4 is 9.47 Å². The molecule has 0 aliphatic heterocycles. The largest absolute Gasteiger partial charge is 0.492 e. The number of carbonyl (C=O) groups is 2. The predicted molar refractivity (Wildman–Crippen MR) is 132 cm³/mol. The summed E-state index contributed by atoms with van der Waals surface area (Å²) in [5.74, 6) is -2.79. The van der Waals surface area contributed by atoms with E-state index in [1.165, 1.54) is 4.90 Å². The van der Waals surface area contributed by atoms with E-state index in [1.54, 1.807) is 49.4 Å². The van der Waals surface area contributed by atoms with Crippen LogP contribution in [0, 0.1) is 6.92 Å². The van der Waals surface area contributed by atoms with Crippen molar-refractivity contribution >= 4 is 12.1 Å². The molecule has 0 aliphatic rings. The highest BCUT2D eigenvalue weighted by molar-refractivity contribution is 5.72. The normalized spacial score (nSPS) is 12.1. The number of nitrogens with zero attached hydrogens (tertiary/aromatic N) is 1. The minimum absolute atomic E-state index is 0.170. The fraction of sp³-hybridized carbons (Fsp3) is 0.481. The van der Waals surface area contributed by atoms with E-state index in [0.29, 0.717) is 24.5 Å². The van der Waals surface area contributed by atoms with Crippen LogP contribution in [0.25, 0.3) is 0 Å². The summed E-state index contributed by atoms with van der Waals surface area (Å²) in [5.41, 5.74) is 1.74. The van der Waals surface area contributed by atoms with Crippen LogP contribution in [0.15, 0.2) is 48.5 Å². The first-order valence-corrected chi connectivity index (χ1v) is 12.0. The molecular weight excluding hydrogens is 472 g/mol. The molecule has 0 radical (unpaired) electrons. The second-order valence-electron chi connectivity index (χ2n) is 8.68. The molecule has 2 rings (SSSR count). The number of hydrogen-bond acceptors (Lipinski definition) is 5. The summed E-state index contributed by atoms with van der Waals surface area (Å²) in [6.45, 7) is 5.46. The molecule has 0 fully saturated rings. The van der Waals surface area contributed by atoms with Gasteiger partial charge in [0.05, 0.1) is 6.54 Å². The summed E-state index contributed by atoms with van der Waals surface area (Å²) in [7, 11) is 0. The van der Waals surface area contributed by atoms with Crippen LogP contribution >= 0.6 is 0 Å². The summed E-state index contributed by atoms with van der Waals surface area (Å²) in [5, 5.41) is 9.23. The highest BCUT2D eigenvalue weighted by atomic mass is 19.3. The Labute approximate surface area is 211 Å². The molecule has 0 saturated carbocycles. The third-order valence-electron chi connectivity index (χ3n) is 5.36. The molecule has 36 heavy (non-hydrogen) atoms. The number of amides is 1. The molecule has 198 valence electrons. The van der Waals surface area contributed by atoms with E-state index in [-0.39, 0.29) is 39.0 Å². The van der Waals surface area contributed by atoms with Crippen LogP contribution in [-0.4, -0.2) is 60.4 Å². The Balaban J connectivity index is 1.92. The van der Waals surface area contributed by atoms with Crippen molar-refractivity contribution in [2.24, 2.45) is 0 Å². The van der Waals surface area contributed by atoms with Gasteiger partial charge in [-0.25, -0.2) is 18.4 Å². The lowest BCUT2D eigenvalue weighted by Crippen LogP contribution is -2.37. The van der Waals surface area contributed by atoms with Crippen molar-refractivity contribution in [1.82, 2.24) is 4.90 Å². The minimum atomic E-state index is -2.74. The number of hydrogen-bond donors (Lipinski definition) is 1. The number of ether oxygens (including phenoxy) is 3. The molecule has 0 bridgehead atoms. The van der Waals surface area contributed by atoms with Crippen LogP contribution in [0.4, 0.5) is 13.6 Å². The van der Waals surface area contributed by atoms with Gasteiger partial charge in [-0.05, 0) is 69.0 Å². The maximum atomic E-state index is 13.1. The number of alkyl halides is 2. The zero-order valence-electron chi connectivity index (χ0n) is 21.0. The molecule has 0 saturated heterocycles. The second-order valence-corrected chi connectivity index (χ2v) is 8.68. The van der Waals surface area contributed by atoms with Gasteiger partial charge in [-0.2, -0.15) is 0 Å². The lowest BCUT2D eigenvalue weighted by Gasteiger charge is -2.22. The van der Waals surface area contributed by atoms with Crippen molar-refractivity contribution < 1.29 is 37.7 Å². The van der Waals surface area contributed by atoms with Gasteiger partial charge in [0.15, 0.2) is 6.10 Å². The maximum Gasteiger partial charge on any atom is 0.415 e. The molecule has 0 aromatic heterocycles. The topological polar surface area (TPSA) is 85.3 Å². The molecule has 2 aromatic carbocycles. The van der Waals surface area contributed by atoms with Gasteiger partial charge in [-0.15, -0.1) is 0 Å². The first-order chi connectivity index (χ1) is 17.1. The lowest BCUT2D eigenvalue weighted by atomic mass is 10.1. The van der Waals surface area contributed by atoms with E-state index >= 15 is 0 Å². The van der Waals surface area contributed by atoms with E-state index in [9.17, 15) is 23.5 Å². The van der Waals surface area contributed by atoms with Gasteiger partial charge in [0.25, 0.3) is 0 Å². The van der Waals surface area contributed by atoms with Gasteiger partial charge < -0.3 is 24.2 Å². The van der Waals surface area contributed by atoms with Crippen molar-refractivity contribution in [1.29, 1.82) is 0 Å². The summed E-state index contributed by atoms with van der Waals surface area (Å²) >= 11 is 0. The minimum Gasteiger partial charge on any atom is -0.492 e. The lowest BCUT2D eigenvalue weighted by molar-refractivity contribution is -0.149. The molecule has 1 atom stereocenters. The van der Waals surface area contributed by atoms with Crippen LogP contribution in [0.1, 0.15) is 44.2 Å². The first-order valence-electron chi connectivity index (χ1n) is 12.0. The number of rotatable bonds is 15. The molecule has 2 aromatic rings. The van der Waals surface area contributed by atoms with Crippen LogP contribution in [-0.2, 0) is 16.0 Å². The SMILES string of the molecule is CCOC(Cc1ccc(OCCN(CCCCC(C)(F)F)C(=O)Oc2cccc(C)c2)cc1)C(=O)O. The average Bonchev–Trinajstić information content (AvgIpc) is 2.80. The fourth-order valence-corrected chi connectivity index (χ4v) is 3.50. The van der Waals surface area contributed by atoms with E-state index in [0.717, 1.165) is 18.1 Å². The highest BCUT2D eigenvalue weighted by Crippen LogP contribution is 2.20. The van der Waals surface area contributed by atoms with E-state index in [2.05, 4.69) is 0 Å². The van der Waals surface area contributed by atoms with Crippen molar-refractivity contribution in [2.75, 3.05) is 26.3 Å². The number of aryl methyl sites for hydroxylation is 1. The Morgan fingerprint density at radius 3 is 2.39 bits per heavy atom. The van der Waals surface area contributed by atoms with Crippen molar-refractivity contribution in [2.45, 2.75) is 58.5 Å². The summed E-state index contributed by atoms with van der Waals surface area (Å²) in [6, 6.07) is 14.1. The Bertz CT molecular complexity index is 961. The Kier molecular flexibility index (Phi) is 11.6. The van der Waals surface area contributed by atoms with E-state index in [4.69, 9.17) is 14.2 Å². The third kappa shape index (κ3) is 11.0. The molecule has 7 nitrogen and oxygen atoms in total. The van der Waals surface area contributed by atoms with Gasteiger partial charge in [0.1, 0.15) is 18.1 Å². The number of halogens is 2. The third-order valence-corrected chi connectivity index (χ3v) is 5.36. The second kappa shape index (κ2) is 14.4. The number of carbonyl (C=O) groups excluding carboxylic acids is 1. The molecule has 1 N–H and O–H groups in total. The zero-order chi connectivity index (χ0) is 26.6. The summed E-state index contributed by atoms with van der Waals surface area (Å²) < 4.78 is 42.7. The van der Waals surface area contributed by atoms with Gasteiger partial charge in [-0.1, -0.05) is 24.3 Å². The summed E-state index contributed by atoms with van der Waals surface area (Å²) in [6.07, 6.45) is -0.812. The zero-order valence-corrected chi connectivity index (χ0v) is 21.0. The van der Waals surface area contributed by atoms with Gasteiger partial charge >= 0.3 is 12.1 Å². The number of carboxylic acids is 1. The number of aliphatic carboxylic acids is 1. The van der Waals surface area contributed by atoms with Crippen LogP contribution in [0.2, 0.25) is 0 Å². The monoisotopic (exact) mass is 507 g/mol. The Morgan fingerprint density at radius 2 is 1.78 bits per heavy atom. The fourth-order valence-electron chi connectivity index (χ4n) is 3.50. The smallest absolute Gasteiger partial charge is 0.415 e. The standard InChI is InChI=1S/C27H35F2NO6/c1-4-34-24(25(31)32)19-21-10-12-22(13-11-21)35-17-16-30(15-6-5-14-27(3,28)29)26(33)36-23-9-7-8-20(2)18-23/h7-13,18,24H,4-6,14-17,19H2,1-3H3,(H,31,32). The molecular formula is C27H35F2NO6.